The van der Waals surface area contributed by atoms with Crippen LogP contribution < -0.4 is 0 Å². The first-order valence-corrected chi connectivity index (χ1v) is 0.651. The molecule has 0 atom stereocenters. The van der Waals surface area contributed by atoms with Gasteiger partial charge >= 0.3 is 6.16 Å². The molecule has 0 rings (SSSR count). The van der Waals surface area contributed by atoms with Crippen LogP contribution in [0.5, 0.6) is 0 Å². The largest absolute Gasteiger partial charge is 0.503 e. The predicted octanol–water partition coefficient (Wildman–Crippen LogP) is 0.222. The van der Waals surface area contributed by atoms with E-state index in [1.165, 1.54) is 0 Å². The molecular weight excluding hydrogens is 235 g/mol. The fourth-order valence-electron chi connectivity index (χ4n) is 0. The second kappa shape index (κ2) is 4.50. The molecule has 0 aromatic heterocycles. The molecule has 5 heavy (non-hydrogen) atoms. The van der Waals surface area contributed by atoms with Gasteiger partial charge in [-0.2, -0.15) is 0 Å². The van der Waals surface area contributed by atoms with Gasteiger partial charge in [0.1, 0.15) is 0 Å². The third-order valence-corrected chi connectivity index (χ3v) is 0. The fourth-order valence-corrected chi connectivity index (χ4v) is 0. The van der Waals surface area contributed by atoms with Crippen LogP contribution in [-0.4, -0.2) is 16.4 Å². The van der Waals surface area contributed by atoms with Crippen LogP contribution in [0, 0.1) is 36.9 Å². The van der Waals surface area contributed by atoms with E-state index in [0.29, 0.717) is 0 Å². The summed E-state index contributed by atoms with van der Waals surface area (Å²) in [6, 6.07) is 0. The van der Waals surface area contributed by atoms with E-state index in [0.717, 1.165) is 0 Å². The van der Waals surface area contributed by atoms with Crippen molar-refractivity contribution in [3.63, 3.8) is 0 Å². The molecule has 0 aliphatic heterocycles. The van der Waals surface area contributed by atoms with E-state index in [1.807, 2.05) is 0 Å². The SMILES string of the molecule is O=C(O)O.[Lu]. The minimum absolute atomic E-state index is 0. The van der Waals surface area contributed by atoms with E-state index in [9.17, 15) is 0 Å². The Balaban J connectivity index is 0. The van der Waals surface area contributed by atoms with E-state index in [-0.39, 0.29) is 36.9 Å². The average Bonchev–Trinajstić information content (AvgIpc) is 0.811. The monoisotopic (exact) mass is 237 g/mol. The van der Waals surface area contributed by atoms with Gasteiger partial charge in [-0.15, -0.1) is 0 Å². The number of hydrogen-bond donors (Lipinski definition) is 2. The minimum atomic E-state index is -1.83. The Morgan fingerprint density at radius 1 is 1.40 bits per heavy atom. The maximum absolute atomic E-state index is 8.56. The maximum Gasteiger partial charge on any atom is 0.503 e. The molecule has 0 fully saturated rings. The Hall–Kier alpha value is 0.504. The number of carbonyl (C=O) groups is 1. The minimum Gasteiger partial charge on any atom is -0.450 e. The molecule has 0 amide bonds. The first-order valence-electron chi connectivity index (χ1n) is 0.651. The summed E-state index contributed by atoms with van der Waals surface area (Å²) in [5.41, 5.74) is 0. The second-order valence-corrected chi connectivity index (χ2v) is 0.283. The van der Waals surface area contributed by atoms with Gasteiger partial charge in [-0.05, 0) is 0 Å². The van der Waals surface area contributed by atoms with Gasteiger partial charge < -0.3 is 10.2 Å². The van der Waals surface area contributed by atoms with Crippen molar-refractivity contribution in [2.24, 2.45) is 0 Å². The Morgan fingerprint density at radius 3 is 1.40 bits per heavy atom. The van der Waals surface area contributed by atoms with Crippen molar-refractivity contribution in [3.05, 3.63) is 0 Å². The van der Waals surface area contributed by atoms with E-state index in [2.05, 4.69) is 0 Å². The van der Waals surface area contributed by atoms with Gasteiger partial charge in [-0.3, -0.25) is 0 Å². The topological polar surface area (TPSA) is 57.5 Å². The standard InChI is InChI=1S/CH2O3.Lu/c2-1(3)4;/h(H2,2,3,4);. The zero-order valence-electron chi connectivity index (χ0n) is 2.06. The third kappa shape index (κ3) is 111. The van der Waals surface area contributed by atoms with Gasteiger partial charge in [-0.25, -0.2) is 4.79 Å². The first-order chi connectivity index (χ1) is 1.73. The van der Waals surface area contributed by atoms with Crippen molar-refractivity contribution < 1.29 is 51.9 Å². The van der Waals surface area contributed by atoms with Gasteiger partial charge in [0.2, 0.25) is 0 Å². The molecular formula is CH2LuO3. The summed E-state index contributed by atoms with van der Waals surface area (Å²) in [6.07, 6.45) is -1.83. The normalized spacial score (nSPS) is 4.80. The summed E-state index contributed by atoms with van der Waals surface area (Å²) in [7, 11) is 0. The molecule has 0 unspecified atom stereocenters. The summed E-state index contributed by atoms with van der Waals surface area (Å²) in [5.74, 6) is 0. The van der Waals surface area contributed by atoms with Crippen LogP contribution in [0.1, 0.15) is 0 Å². The Labute approximate surface area is 57.8 Å². The zero-order valence-corrected chi connectivity index (χ0v) is 3.72. The molecule has 4 heteroatoms. The summed E-state index contributed by atoms with van der Waals surface area (Å²) < 4.78 is 0. The Kier molecular flexibility index (Phi) is 8.19. The van der Waals surface area contributed by atoms with Crippen LogP contribution >= 0.6 is 0 Å². The van der Waals surface area contributed by atoms with Gasteiger partial charge in [-0.1, -0.05) is 0 Å². The number of rotatable bonds is 0. The molecule has 0 spiro atoms. The van der Waals surface area contributed by atoms with Crippen molar-refractivity contribution in [2.75, 3.05) is 0 Å². The average molecular weight is 237 g/mol. The smallest absolute Gasteiger partial charge is 0.450 e. The van der Waals surface area contributed by atoms with Crippen LogP contribution in [0.3, 0.4) is 0 Å². The third-order valence-electron chi connectivity index (χ3n) is 0. The molecule has 0 aliphatic carbocycles. The summed E-state index contributed by atoms with van der Waals surface area (Å²) in [4.78, 5) is 8.56. The van der Waals surface area contributed by atoms with Crippen molar-refractivity contribution in [1.29, 1.82) is 0 Å². The predicted molar refractivity (Wildman–Crippen MR) is 10.7 cm³/mol. The van der Waals surface area contributed by atoms with Crippen LogP contribution in [0.15, 0.2) is 0 Å². The van der Waals surface area contributed by atoms with Gasteiger partial charge in [0.05, 0.1) is 0 Å². The van der Waals surface area contributed by atoms with E-state index in [4.69, 9.17) is 15.0 Å². The van der Waals surface area contributed by atoms with Crippen molar-refractivity contribution in [2.45, 2.75) is 0 Å². The number of carboxylic acid groups (broad SMARTS) is 2. The number of hydrogen-bond acceptors (Lipinski definition) is 1. The van der Waals surface area contributed by atoms with Crippen LogP contribution in [0.25, 0.3) is 0 Å². The van der Waals surface area contributed by atoms with E-state index < -0.39 is 6.16 Å². The fraction of sp³-hybridized carbons (Fsp3) is 0. The molecule has 0 saturated heterocycles. The Bertz CT molecular complexity index is 29.9. The van der Waals surface area contributed by atoms with Crippen LogP contribution in [0.4, 0.5) is 4.79 Å². The first kappa shape index (κ1) is 9.09. The maximum atomic E-state index is 8.56. The molecule has 1 radical (unpaired) electrons. The van der Waals surface area contributed by atoms with Gasteiger partial charge in [0, 0.05) is 36.9 Å². The van der Waals surface area contributed by atoms with E-state index >= 15 is 0 Å². The summed E-state index contributed by atoms with van der Waals surface area (Å²) >= 11 is 0. The Morgan fingerprint density at radius 2 is 1.40 bits per heavy atom. The van der Waals surface area contributed by atoms with E-state index in [1.54, 1.807) is 0 Å². The summed E-state index contributed by atoms with van der Waals surface area (Å²) in [6.45, 7) is 0. The van der Waals surface area contributed by atoms with Gasteiger partial charge in [0.15, 0.2) is 0 Å². The van der Waals surface area contributed by atoms with Crippen LogP contribution in [0.2, 0.25) is 0 Å². The molecule has 0 aromatic rings. The van der Waals surface area contributed by atoms with Crippen molar-refractivity contribution in [1.82, 2.24) is 0 Å². The van der Waals surface area contributed by atoms with Crippen molar-refractivity contribution in [3.8, 4) is 0 Å². The molecule has 0 heterocycles. The van der Waals surface area contributed by atoms with Gasteiger partial charge in [0.25, 0.3) is 0 Å². The molecule has 39 valence electrons. The molecule has 0 saturated carbocycles. The molecule has 0 aromatic carbocycles. The second-order valence-electron chi connectivity index (χ2n) is 0.283. The zero-order chi connectivity index (χ0) is 3.58. The summed E-state index contributed by atoms with van der Waals surface area (Å²) in [5, 5.41) is 13.9. The quantitative estimate of drug-likeness (QED) is 0.633. The molecule has 0 aliphatic rings. The van der Waals surface area contributed by atoms with Crippen LogP contribution in [-0.2, 0) is 0 Å². The molecule has 3 nitrogen and oxygen atoms in total. The molecule has 2 N–H and O–H groups in total. The molecule has 0 bridgehead atoms. The van der Waals surface area contributed by atoms with Crippen molar-refractivity contribution >= 4 is 6.16 Å².